The highest BCUT2D eigenvalue weighted by atomic mass is 35.5. The summed E-state index contributed by atoms with van der Waals surface area (Å²) >= 11 is 17.9. The number of aromatic nitrogens is 2. The third-order valence-corrected chi connectivity index (χ3v) is 4.16. The zero-order valence-electron chi connectivity index (χ0n) is 12.5. The molecule has 8 heteroatoms. The first-order chi connectivity index (χ1) is 11.5. The summed E-state index contributed by atoms with van der Waals surface area (Å²) in [5.41, 5.74) is 5.01. The number of amides is 1. The minimum Gasteiger partial charge on any atom is -0.263 e. The first kappa shape index (κ1) is 16.8. The summed E-state index contributed by atoms with van der Waals surface area (Å²) in [5.74, 6) is -0.368. The number of imidazole rings is 1. The lowest BCUT2D eigenvalue weighted by atomic mass is 10.2. The molecule has 24 heavy (non-hydrogen) atoms. The number of carbonyl (C=O) groups excluding carboxylic acids is 1. The molecule has 5 nitrogen and oxygen atoms in total. The standard InChI is InChI=1S/C16H11Cl3N4O/c1-9-15(23-8-12(18)4-5-14(23)21-9)16(24)22-20-7-10-2-3-11(17)6-13(10)19/h2-8H,1H3,(H,22,24)/p+1. The lowest BCUT2D eigenvalue weighted by Gasteiger charge is -1.99. The maximum atomic E-state index is 12.4. The molecule has 0 radical (unpaired) electrons. The van der Waals surface area contributed by atoms with Crippen molar-refractivity contribution in [2.24, 2.45) is 5.10 Å². The average Bonchev–Trinajstić information content (AvgIpc) is 2.84. The van der Waals surface area contributed by atoms with Crippen molar-refractivity contribution in [2.45, 2.75) is 6.92 Å². The molecule has 2 N–H and O–H groups in total. The number of pyridine rings is 1. The number of aromatic amines is 1. The van der Waals surface area contributed by atoms with Crippen LogP contribution in [0.4, 0.5) is 0 Å². The molecule has 3 rings (SSSR count). The van der Waals surface area contributed by atoms with Gasteiger partial charge >= 0.3 is 5.91 Å². The zero-order chi connectivity index (χ0) is 17.3. The number of hydrazone groups is 1. The van der Waals surface area contributed by atoms with Crippen molar-refractivity contribution in [1.82, 2.24) is 10.4 Å². The van der Waals surface area contributed by atoms with Crippen LogP contribution in [0.2, 0.25) is 15.1 Å². The van der Waals surface area contributed by atoms with Crippen LogP contribution in [0.25, 0.3) is 5.65 Å². The molecule has 3 aromatic rings. The number of fused-ring (bicyclic) bond motifs is 1. The Morgan fingerprint density at radius 2 is 1.96 bits per heavy atom. The van der Waals surface area contributed by atoms with Crippen LogP contribution < -0.4 is 9.83 Å². The van der Waals surface area contributed by atoms with Gasteiger partial charge in [-0.25, -0.2) is 10.4 Å². The Labute approximate surface area is 152 Å². The lowest BCUT2D eigenvalue weighted by Crippen LogP contribution is -2.33. The minimum atomic E-state index is -0.368. The fraction of sp³-hybridized carbons (Fsp3) is 0.0625. The molecule has 0 atom stereocenters. The highest BCUT2D eigenvalue weighted by molar-refractivity contribution is 6.36. The summed E-state index contributed by atoms with van der Waals surface area (Å²) in [5, 5.41) is 5.45. The maximum Gasteiger partial charge on any atom is 0.315 e. The molecule has 0 bridgehead atoms. The van der Waals surface area contributed by atoms with E-state index >= 15 is 0 Å². The number of hydrogen-bond donors (Lipinski definition) is 2. The van der Waals surface area contributed by atoms with E-state index < -0.39 is 0 Å². The quantitative estimate of drug-likeness (QED) is 0.404. The number of H-pyrrole nitrogens is 1. The zero-order valence-corrected chi connectivity index (χ0v) is 14.7. The van der Waals surface area contributed by atoms with Crippen molar-refractivity contribution in [2.75, 3.05) is 0 Å². The first-order valence-electron chi connectivity index (χ1n) is 6.93. The normalized spacial score (nSPS) is 11.3. The molecule has 0 aliphatic carbocycles. The van der Waals surface area contributed by atoms with E-state index in [0.717, 1.165) is 5.65 Å². The van der Waals surface area contributed by atoms with Crippen LogP contribution >= 0.6 is 34.8 Å². The second-order valence-corrected chi connectivity index (χ2v) is 6.35. The SMILES string of the molecule is Cc1[nH]c2ccc(Cl)c[n+]2c1C(=O)NN=Cc1ccc(Cl)cc1Cl. The monoisotopic (exact) mass is 381 g/mol. The van der Waals surface area contributed by atoms with Crippen LogP contribution in [0.15, 0.2) is 41.6 Å². The number of aryl methyl sites for hydroxylation is 1. The van der Waals surface area contributed by atoms with Crippen LogP contribution in [-0.4, -0.2) is 17.1 Å². The van der Waals surface area contributed by atoms with Crippen molar-refractivity contribution in [1.29, 1.82) is 0 Å². The van der Waals surface area contributed by atoms with Gasteiger partial charge in [0.05, 0.1) is 16.3 Å². The average molecular weight is 383 g/mol. The molecule has 0 spiro atoms. The topological polar surface area (TPSA) is 61.4 Å². The van der Waals surface area contributed by atoms with E-state index in [4.69, 9.17) is 34.8 Å². The molecule has 0 saturated carbocycles. The fourth-order valence-electron chi connectivity index (χ4n) is 2.29. The van der Waals surface area contributed by atoms with Gasteiger partial charge in [0, 0.05) is 23.6 Å². The summed E-state index contributed by atoms with van der Waals surface area (Å²) in [6, 6.07) is 8.55. The van der Waals surface area contributed by atoms with Crippen molar-refractivity contribution in [3.8, 4) is 0 Å². The van der Waals surface area contributed by atoms with Crippen LogP contribution in [0.5, 0.6) is 0 Å². The highest BCUT2D eigenvalue weighted by Gasteiger charge is 2.23. The molecular formula is C16H12Cl3N4O+. The largest absolute Gasteiger partial charge is 0.315 e. The van der Waals surface area contributed by atoms with Crippen LogP contribution in [0.1, 0.15) is 21.7 Å². The Kier molecular flexibility index (Phi) is 4.76. The number of benzene rings is 1. The van der Waals surface area contributed by atoms with E-state index in [1.165, 1.54) is 6.21 Å². The van der Waals surface area contributed by atoms with Gasteiger partial charge in [-0.15, -0.1) is 0 Å². The second-order valence-electron chi connectivity index (χ2n) is 5.07. The maximum absolute atomic E-state index is 12.4. The van der Waals surface area contributed by atoms with Crippen LogP contribution in [0, 0.1) is 6.92 Å². The summed E-state index contributed by atoms with van der Waals surface area (Å²) in [7, 11) is 0. The number of rotatable bonds is 3. The summed E-state index contributed by atoms with van der Waals surface area (Å²) in [4.78, 5) is 15.5. The van der Waals surface area contributed by atoms with Gasteiger partial charge in [-0.2, -0.15) is 9.50 Å². The van der Waals surface area contributed by atoms with E-state index in [1.807, 2.05) is 0 Å². The number of carbonyl (C=O) groups is 1. The van der Waals surface area contributed by atoms with Crippen molar-refractivity contribution < 1.29 is 9.20 Å². The molecule has 0 unspecified atom stereocenters. The molecule has 1 aromatic carbocycles. The second kappa shape index (κ2) is 6.81. The molecular weight excluding hydrogens is 371 g/mol. The van der Waals surface area contributed by atoms with Gasteiger partial charge in [0.15, 0.2) is 5.69 Å². The van der Waals surface area contributed by atoms with Gasteiger partial charge in [-0.3, -0.25) is 4.79 Å². The predicted molar refractivity (Wildman–Crippen MR) is 95.2 cm³/mol. The number of nitrogens with one attached hydrogen (secondary N) is 2. The van der Waals surface area contributed by atoms with Gasteiger partial charge in [0.1, 0.15) is 6.20 Å². The van der Waals surface area contributed by atoms with Crippen LogP contribution in [-0.2, 0) is 0 Å². The predicted octanol–water partition coefficient (Wildman–Crippen LogP) is 3.79. The van der Waals surface area contributed by atoms with E-state index in [0.29, 0.717) is 32.0 Å². The molecule has 0 fully saturated rings. The molecule has 2 aromatic heterocycles. The molecule has 2 heterocycles. The first-order valence-corrected chi connectivity index (χ1v) is 8.07. The molecule has 0 aliphatic rings. The molecule has 0 aliphatic heterocycles. The Morgan fingerprint density at radius 3 is 2.71 bits per heavy atom. The molecule has 122 valence electrons. The van der Waals surface area contributed by atoms with Crippen molar-refractivity contribution in [3.05, 3.63) is 68.5 Å². The van der Waals surface area contributed by atoms with Gasteiger partial charge in [-0.05, 0) is 18.2 Å². The van der Waals surface area contributed by atoms with Crippen LogP contribution in [0.3, 0.4) is 0 Å². The number of halogens is 3. The Balaban J connectivity index is 1.84. The third kappa shape index (κ3) is 3.38. The number of nitrogens with zero attached hydrogens (tertiary/aromatic N) is 2. The molecule has 0 saturated heterocycles. The van der Waals surface area contributed by atoms with E-state index in [1.54, 1.807) is 47.9 Å². The van der Waals surface area contributed by atoms with Gasteiger partial charge in [-0.1, -0.05) is 40.9 Å². The van der Waals surface area contributed by atoms with Crippen molar-refractivity contribution >= 4 is 52.6 Å². The molecule has 1 amide bonds. The van der Waals surface area contributed by atoms with Gasteiger partial charge in [0.25, 0.3) is 5.65 Å². The number of hydrogen-bond acceptors (Lipinski definition) is 2. The fourth-order valence-corrected chi connectivity index (χ4v) is 2.91. The van der Waals surface area contributed by atoms with Gasteiger partial charge < -0.3 is 0 Å². The lowest BCUT2D eigenvalue weighted by molar-refractivity contribution is -0.513. The Hall–Kier alpha value is -2.08. The van der Waals surface area contributed by atoms with Crippen molar-refractivity contribution in [3.63, 3.8) is 0 Å². The van der Waals surface area contributed by atoms with Gasteiger partial charge in [0.2, 0.25) is 5.69 Å². The third-order valence-electron chi connectivity index (χ3n) is 3.37. The summed E-state index contributed by atoms with van der Waals surface area (Å²) < 4.78 is 1.68. The van der Waals surface area contributed by atoms with E-state index in [2.05, 4.69) is 15.5 Å². The van der Waals surface area contributed by atoms with E-state index in [9.17, 15) is 4.79 Å². The Bertz CT molecular complexity index is 965. The minimum absolute atomic E-state index is 0.368. The summed E-state index contributed by atoms with van der Waals surface area (Å²) in [6.45, 7) is 1.80. The smallest absolute Gasteiger partial charge is 0.263 e. The highest BCUT2D eigenvalue weighted by Crippen LogP contribution is 2.19. The van der Waals surface area contributed by atoms with E-state index in [-0.39, 0.29) is 5.91 Å². The Morgan fingerprint density at radius 1 is 1.21 bits per heavy atom. The summed E-state index contributed by atoms with van der Waals surface area (Å²) in [6.07, 6.45) is 3.12.